The quantitative estimate of drug-likeness (QED) is 0.396. The van der Waals surface area contributed by atoms with Crippen LogP contribution in [0.25, 0.3) is 0 Å². The first-order valence-electron chi connectivity index (χ1n) is 12.0. The Balaban J connectivity index is 1.50. The second-order valence-electron chi connectivity index (χ2n) is 8.57. The van der Waals surface area contributed by atoms with Gasteiger partial charge < -0.3 is 16.0 Å². The molecule has 0 aromatic heterocycles. The van der Waals surface area contributed by atoms with Gasteiger partial charge in [0.05, 0.1) is 18.3 Å². The molecule has 0 fully saturated rings. The number of nitrogens with one attached hydrogen (secondary N) is 1. The number of amides is 2. The number of hydrogen-bond donors (Lipinski definition) is 2. The van der Waals surface area contributed by atoms with Crippen molar-refractivity contribution in [3.8, 4) is 11.8 Å². The van der Waals surface area contributed by atoms with Gasteiger partial charge in [-0.15, -0.1) is 0 Å². The number of fused-ring (bicyclic) bond motifs is 2. The average molecular weight is 460 g/mol. The van der Waals surface area contributed by atoms with Crippen LogP contribution in [0.1, 0.15) is 68.6 Å². The van der Waals surface area contributed by atoms with Crippen molar-refractivity contribution < 1.29 is 14.4 Å². The summed E-state index contributed by atoms with van der Waals surface area (Å²) in [5, 5.41) is 2.87. The highest BCUT2D eigenvalue weighted by Gasteiger charge is 2.21. The van der Waals surface area contributed by atoms with Crippen LogP contribution in [0.5, 0.6) is 0 Å². The zero-order valence-corrected chi connectivity index (χ0v) is 19.8. The van der Waals surface area contributed by atoms with E-state index in [-0.39, 0.29) is 30.4 Å². The monoisotopic (exact) mass is 459 g/mol. The summed E-state index contributed by atoms with van der Waals surface area (Å²) < 4.78 is 0. The molecule has 2 aromatic carbocycles. The van der Waals surface area contributed by atoms with Crippen LogP contribution < -0.4 is 16.0 Å². The fourth-order valence-electron chi connectivity index (χ4n) is 3.96. The smallest absolute Gasteiger partial charge is 0.227 e. The van der Waals surface area contributed by atoms with Crippen LogP contribution in [0.4, 0.5) is 5.69 Å². The number of unbranched alkanes of at least 4 members (excludes halogenated alkanes) is 1. The number of hydrogen-bond acceptors (Lipinski definition) is 4. The highest BCUT2D eigenvalue weighted by molar-refractivity contribution is 5.96. The van der Waals surface area contributed by atoms with Gasteiger partial charge in [0.15, 0.2) is 0 Å². The molecule has 6 nitrogen and oxygen atoms in total. The SMILES string of the molecule is CCCC(=O)[C@@H](N)CCCCNC(=O)CCC(=O)N1Cc2ccccc2C#Cc2ccccc21. The molecule has 1 aliphatic heterocycles. The Bertz CT molecular complexity index is 1080. The van der Waals surface area contributed by atoms with Crippen LogP contribution in [0.2, 0.25) is 0 Å². The Morgan fingerprint density at radius 2 is 1.68 bits per heavy atom. The third kappa shape index (κ3) is 7.03. The van der Waals surface area contributed by atoms with Gasteiger partial charge in [-0.05, 0) is 49.4 Å². The summed E-state index contributed by atoms with van der Waals surface area (Å²) >= 11 is 0. The molecule has 2 amide bonds. The van der Waals surface area contributed by atoms with E-state index in [1.807, 2.05) is 55.5 Å². The summed E-state index contributed by atoms with van der Waals surface area (Å²) in [6.07, 6.45) is 3.73. The topological polar surface area (TPSA) is 92.5 Å². The number of Topliss-reactive ketones (excluding diaryl/α,β-unsaturated/α-hetero) is 1. The third-order valence-corrected chi connectivity index (χ3v) is 5.91. The molecular weight excluding hydrogens is 426 g/mol. The molecule has 1 heterocycles. The third-order valence-electron chi connectivity index (χ3n) is 5.91. The summed E-state index contributed by atoms with van der Waals surface area (Å²) in [5.74, 6) is 6.22. The van der Waals surface area contributed by atoms with Gasteiger partial charge in [0, 0.05) is 36.9 Å². The number of para-hydroxylation sites is 1. The van der Waals surface area contributed by atoms with Crippen LogP contribution in [-0.4, -0.2) is 30.2 Å². The molecule has 3 rings (SSSR count). The van der Waals surface area contributed by atoms with E-state index in [2.05, 4.69) is 17.2 Å². The number of ketones is 1. The Morgan fingerprint density at radius 1 is 0.971 bits per heavy atom. The van der Waals surface area contributed by atoms with E-state index in [9.17, 15) is 14.4 Å². The van der Waals surface area contributed by atoms with Crippen LogP contribution in [0.3, 0.4) is 0 Å². The number of carbonyl (C=O) groups is 3. The molecule has 34 heavy (non-hydrogen) atoms. The van der Waals surface area contributed by atoms with Crippen LogP contribution in [0.15, 0.2) is 48.5 Å². The lowest BCUT2D eigenvalue weighted by atomic mass is 10.0. The predicted octanol–water partition coefficient (Wildman–Crippen LogP) is 3.70. The fraction of sp³-hybridized carbons (Fsp3) is 0.393. The molecule has 178 valence electrons. The van der Waals surface area contributed by atoms with Crippen molar-refractivity contribution in [1.29, 1.82) is 0 Å². The zero-order valence-electron chi connectivity index (χ0n) is 19.8. The van der Waals surface area contributed by atoms with Gasteiger partial charge in [-0.3, -0.25) is 14.4 Å². The standard InChI is InChI=1S/C28H33N3O3/c1-2-9-26(32)24(29)13-7-8-19-30-27(33)17-18-28(34)31-20-23-12-4-3-10-21(23)15-16-22-11-5-6-14-25(22)31/h3-6,10-12,14,24H,2,7-9,13,17-20,29H2,1H3,(H,30,33)/t24-/m0/s1. The number of nitrogens with two attached hydrogens (primary N) is 1. The highest BCUT2D eigenvalue weighted by Crippen LogP contribution is 2.26. The van der Waals surface area contributed by atoms with Crippen molar-refractivity contribution in [3.05, 3.63) is 65.2 Å². The first-order valence-corrected chi connectivity index (χ1v) is 12.0. The molecule has 1 atom stereocenters. The minimum atomic E-state index is -0.413. The predicted molar refractivity (Wildman–Crippen MR) is 134 cm³/mol. The maximum Gasteiger partial charge on any atom is 0.227 e. The summed E-state index contributed by atoms with van der Waals surface area (Å²) in [6.45, 7) is 2.89. The van der Waals surface area contributed by atoms with Gasteiger partial charge in [-0.2, -0.15) is 0 Å². The Labute approximate surface area is 201 Å². The minimum absolute atomic E-state index is 0.101. The lowest BCUT2D eigenvalue weighted by molar-refractivity contribution is -0.125. The molecule has 0 bridgehead atoms. The summed E-state index contributed by atoms with van der Waals surface area (Å²) in [6, 6.07) is 15.0. The molecule has 0 saturated heterocycles. The molecule has 0 unspecified atom stereocenters. The van der Waals surface area contributed by atoms with Crippen LogP contribution in [0, 0.1) is 11.8 Å². The van der Waals surface area contributed by atoms with Gasteiger partial charge in [-0.25, -0.2) is 0 Å². The molecule has 0 spiro atoms. The molecule has 6 heteroatoms. The van der Waals surface area contributed by atoms with Gasteiger partial charge in [0.2, 0.25) is 11.8 Å². The largest absolute Gasteiger partial charge is 0.356 e. The molecule has 0 saturated carbocycles. The van der Waals surface area contributed by atoms with E-state index in [0.29, 0.717) is 25.9 Å². The number of carbonyl (C=O) groups excluding carboxylic acids is 3. The van der Waals surface area contributed by atoms with Crippen molar-refractivity contribution in [2.45, 2.75) is 64.5 Å². The molecule has 0 aliphatic carbocycles. The zero-order chi connectivity index (χ0) is 24.3. The van der Waals surface area contributed by atoms with Gasteiger partial charge in [0.25, 0.3) is 0 Å². The van der Waals surface area contributed by atoms with Crippen molar-refractivity contribution in [2.24, 2.45) is 5.73 Å². The van der Waals surface area contributed by atoms with Crippen molar-refractivity contribution >= 4 is 23.3 Å². The molecule has 3 N–H and O–H groups in total. The molecular formula is C28H33N3O3. The van der Waals surface area contributed by atoms with E-state index >= 15 is 0 Å². The van der Waals surface area contributed by atoms with E-state index in [4.69, 9.17) is 5.73 Å². The van der Waals surface area contributed by atoms with Gasteiger partial charge in [0.1, 0.15) is 5.78 Å². The second-order valence-corrected chi connectivity index (χ2v) is 8.57. The lowest BCUT2D eigenvalue weighted by Gasteiger charge is -2.26. The first-order chi connectivity index (χ1) is 16.5. The first kappa shape index (κ1) is 25.2. The number of rotatable bonds is 11. The molecule has 1 aliphatic rings. The molecule has 0 radical (unpaired) electrons. The van der Waals surface area contributed by atoms with Crippen LogP contribution >= 0.6 is 0 Å². The Morgan fingerprint density at radius 3 is 2.47 bits per heavy atom. The van der Waals surface area contributed by atoms with E-state index < -0.39 is 6.04 Å². The maximum atomic E-state index is 13.2. The Kier molecular flexibility index (Phi) is 9.42. The molecule has 2 aromatic rings. The van der Waals surface area contributed by atoms with Gasteiger partial charge >= 0.3 is 0 Å². The fourth-order valence-corrected chi connectivity index (χ4v) is 3.96. The lowest BCUT2D eigenvalue weighted by Crippen LogP contribution is -2.33. The normalized spacial score (nSPS) is 12.8. The van der Waals surface area contributed by atoms with Crippen LogP contribution in [-0.2, 0) is 20.9 Å². The van der Waals surface area contributed by atoms with Crippen molar-refractivity contribution in [2.75, 3.05) is 11.4 Å². The highest BCUT2D eigenvalue weighted by atomic mass is 16.2. The van der Waals surface area contributed by atoms with Gasteiger partial charge in [-0.1, -0.05) is 49.1 Å². The Hall–Kier alpha value is -3.43. The average Bonchev–Trinajstić information content (AvgIpc) is 2.83. The minimum Gasteiger partial charge on any atom is -0.356 e. The number of nitrogens with zero attached hydrogens (tertiary/aromatic N) is 1. The summed E-state index contributed by atoms with van der Waals surface area (Å²) in [5.41, 5.74) is 9.35. The number of anilines is 1. The number of benzene rings is 2. The van der Waals surface area contributed by atoms with Crippen molar-refractivity contribution in [1.82, 2.24) is 5.32 Å². The summed E-state index contributed by atoms with van der Waals surface area (Å²) in [7, 11) is 0. The van der Waals surface area contributed by atoms with Crippen molar-refractivity contribution in [3.63, 3.8) is 0 Å². The van der Waals surface area contributed by atoms with E-state index in [0.717, 1.165) is 41.6 Å². The van der Waals surface area contributed by atoms with E-state index in [1.54, 1.807) is 4.90 Å². The second kappa shape index (κ2) is 12.7. The van der Waals surface area contributed by atoms with E-state index in [1.165, 1.54) is 0 Å². The maximum absolute atomic E-state index is 13.2. The summed E-state index contributed by atoms with van der Waals surface area (Å²) in [4.78, 5) is 38.9.